The highest BCUT2D eigenvalue weighted by Gasteiger charge is 2.53. The fourth-order valence-electron chi connectivity index (χ4n) is 5.35. The first-order valence-corrected chi connectivity index (χ1v) is 15.0. The third kappa shape index (κ3) is 10.6. The van der Waals surface area contributed by atoms with E-state index in [1.165, 1.54) is 19.3 Å². The molecule has 2 rings (SSSR count). The minimum absolute atomic E-state index is 0.0911. The number of hydrogen-bond acceptors (Lipinski definition) is 7. The zero-order chi connectivity index (χ0) is 31.0. The number of carboxylic acid groups (broad SMARTS) is 3. The third-order valence-electron chi connectivity index (χ3n) is 7.64. The Labute approximate surface area is 246 Å². The number of Topliss-reactive ketones (excluding diaryl/α,β-unsaturated/α-hetero) is 1. The fraction of sp³-hybridized carbons (Fsp3) is 0.613. The van der Waals surface area contributed by atoms with Gasteiger partial charge in [-0.2, -0.15) is 0 Å². The standard InChI is InChI=1S/C31H43N2O9/c34-22-23-19-24(29(39)40)21-25(20-23)32-31(30(41)42)26(35)15-13-11-9-7-5-3-1-2-4-6-8-10-12-14-16-27(36)33(31)18-17-28(37)38/h19-21,32H,1-18H2,(H,37,38)(H,39,40)(H,41,42)/t31-/m1/s1. The van der Waals surface area contributed by atoms with Gasteiger partial charge in [-0.15, -0.1) is 0 Å². The van der Waals surface area contributed by atoms with Gasteiger partial charge in [0.25, 0.3) is 5.66 Å². The zero-order valence-electron chi connectivity index (χ0n) is 24.2. The zero-order valence-corrected chi connectivity index (χ0v) is 24.2. The summed E-state index contributed by atoms with van der Waals surface area (Å²) in [6.07, 6.45) is 13.5. The van der Waals surface area contributed by atoms with Crippen LogP contribution in [0.1, 0.15) is 125 Å². The van der Waals surface area contributed by atoms with Gasteiger partial charge in [0.2, 0.25) is 12.2 Å². The molecule has 1 radical (unpaired) electrons. The second kappa shape index (κ2) is 17.9. The molecule has 11 heteroatoms. The highest BCUT2D eigenvalue weighted by Crippen LogP contribution is 2.28. The molecule has 231 valence electrons. The second-order valence-corrected chi connectivity index (χ2v) is 10.9. The average molecular weight is 588 g/mol. The van der Waals surface area contributed by atoms with Crippen LogP contribution in [0.3, 0.4) is 0 Å². The SMILES string of the molecule is O=[C]c1cc(N[C@]2(C(=O)O)C(=O)CCCCCCCCCCCCCCCCC(=O)N2CCC(=O)O)cc(C(=O)O)c1. The number of nitrogens with one attached hydrogen (secondary N) is 1. The summed E-state index contributed by atoms with van der Waals surface area (Å²) >= 11 is 0. The maximum absolute atomic E-state index is 13.9. The summed E-state index contributed by atoms with van der Waals surface area (Å²) in [5.41, 5.74) is -3.49. The van der Waals surface area contributed by atoms with Crippen LogP contribution in [0.5, 0.6) is 0 Å². The number of hydrogen-bond donors (Lipinski definition) is 4. The molecule has 0 unspecified atom stereocenters. The minimum Gasteiger partial charge on any atom is -0.481 e. The van der Waals surface area contributed by atoms with Crippen LogP contribution in [0.25, 0.3) is 0 Å². The number of carbonyl (C=O) groups excluding carboxylic acids is 3. The Bertz CT molecular complexity index is 1100. The van der Waals surface area contributed by atoms with Gasteiger partial charge in [-0.1, -0.05) is 77.0 Å². The molecule has 0 saturated carbocycles. The van der Waals surface area contributed by atoms with E-state index in [2.05, 4.69) is 5.32 Å². The van der Waals surface area contributed by atoms with Crippen molar-refractivity contribution in [3.05, 3.63) is 29.3 Å². The van der Waals surface area contributed by atoms with E-state index >= 15 is 0 Å². The van der Waals surface area contributed by atoms with E-state index in [0.29, 0.717) is 19.3 Å². The Balaban J connectivity index is 2.52. The van der Waals surface area contributed by atoms with Gasteiger partial charge in [-0.05, 0) is 31.0 Å². The normalized spacial score (nSPS) is 20.8. The van der Waals surface area contributed by atoms with Gasteiger partial charge in [-0.3, -0.25) is 19.2 Å². The first-order chi connectivity index (χ1) is 20.1. The van der Waals surface area contributed by atoms with Crippen LogP contribution in [-0.4, -0.2) is 68.3 Å². The lowest BCUT2D eigenvalue weighted by Gasteiger charge is -2.40. The number of aromatic carboxylic acids is 1. The van der Waals surface area contributed by atoms with Crippen molar-refractivity contribution in [1.82, 2.24) is 4.90 Å². The molecule has 1 amide bonds. The molecular formula is C31H43N2O9. The molecule has 11 nitrogen and oxygen atoms in total. The van der Waals surface area contributed by atoms with Crippen molar-refractivity contribution in [2.24, 2.45) is 0 Å². The van der Waals surface area contributed by atoms with Crippen molar-refractivity contribution in [2.75, 3.05) is 11.9 Å². The van der Waals surface area contributed by atoms with E-state index in [4.69, 9.17) is 0 Å². The summed E-state index contributed by atoms with van der Waals surface area (Å²) < 4.78 is 0. The van der Waals surface area contributed by atoms with E-state index in [1.54, 1.807) is 6.29 Å². The molecule has 42 heavy (non-hydrogen) atoms. The summed E-state index contributed by atoms with van der Waals surface area (Å²) in [4.78, 5) is 75.8. The number of carboxylic acids is 3. The summed E-state index contributed by atoms with van der Waals surface area (Å²) in [6, 6.07) is 3.23. The van der Waals surface area contributed by atoms with Crippen LogP contribution in [0.2, 0.25) is 0 Å². The molecular weight excluding hydrogens is 544 g/mol. The monoisotopic (exact) mass is 587 g/mol. The van der Waals surface area contributed by atoms with Crippen LogP contribution in [0, 0.1) is 0 Å². The van der Waals surface area contributed by atoms with Crippen molar-refractivity contribution in [3.8, 4) is 0 Å². The Kier molecular flexibility index (Phi) is 14.7. The molecule has 1 aromatic rings. The number of rotatable bonds is 8. The lowest BCUT2D eigenvalue weighted by atomic mass is 9.94. The number of nitrogens with zero attached hydrogens (tertiary/aromatic N) is 1. The molecule has 0 spiro atoms. The van der Waals surface area contributed by atoms with E-state index in [1.807, 2.05) is 0 Å². The highest BCUT2D eigenvalue weighted by atomic mass is 16.4. The van der Waals surface area contributed by atoms with E-state index < -0.39 is 48.2 Å². The molecule has 1 saturated heterocycles. The number of carbonyl (C=O) groups is 5. The lowest BCUT2D eigenvalue weighted by Crippen LogP contribution is -2.67. The number of anilines is 1. The third-order valence-corrected chi connectivity index (χ3v) is 7.64. The van der Waals surface area contributed by atoms with Gasteiger partial charge in [0.05, 0.1) is 12.0 Å². The largest absolute Gasteiger partial charge is 0.481 e. The summed E-state index contributed by atoms with van der Waals surface area (Å²) in [5.74, 6) is -5.98. The Morgan fingerprint density at radius 3 is 1.71 bits per heavy atom. The van der Waals surface area contributed by atoms with Gasteiger partial charge in [0.1, 0.15) is 0 Å². The van der Waals surface area contributed by atoms with Gasteiger partial charge < -0.3 is 25.5 Å². The Hall–Kier alpha value is -3.76. The predicted molar refractivity (Wildman–Crippen MR) is 155 cm³/mol. The molecule has 4 N–H and O–H groups in total. The molecule has 1 atom stereocenters. The van der Waals surface area contributed by atoms with Crippen LogP contribution in [-0.2, 0) is 24.0 Å². The van der Waals surface area contributed by atoms with Crippen LogP contribution >= 0.6 is 0 Å². The molecule has 1 fully saturated rings. The molecule has 1 aromatic carbocycles. The van der Waals surface area contributed by atoms with Gasteiger partial charge in [0, 0.05) is 30.6 Å². The Morgan fingerprint density at radius 2 is 1.26 bits per heavy atom. The van der Waals surface area contributed by atoms with Crippen molar-refractivity contribution in [3.63, 3.8) is 0 Å². The number of ketones is 1. The van der Waals surface area contributed by atoms with E-state index in [-0.39, 0.29) is 29.7 Å². The maximum Gasteiger partial charge on any atom is 0.358 e. The summed E-state index contributed by atoms with van der Waals surface area (Å²) in [7, 11) is 0. The number of benzene rings is 1. The fourth-order valence-corrected chi connectivity index (χ4v) is 5.35. The summed E-state index contributed by atoms with van der Waals surface area (Å²) in [6.45, 7) is -0.565. The van der Waals surface area contributed by atoms with Crippen LogP contribution in [0.15, 0.2) is 18.2 Å². The topological polar surface area (TPSA) is 178 Å². The first-order valence-electron chi connectivity index (χ1n) is 15.0. The van der Waals surface area contributed by atoms with E-state index in [9.17, 15) is 44.1 Å². The molecule has 0 aliphatic carbocycles. The average Bonchev–Trinajstić information content (AvgIpc) is 2.95. The van der Waals surface area contributed by atoms with Gasteiger partial charge in [-0.25, -0.2) is 9.59 Å². The van der Waals surface area contributed by atoms with Crippen molar-refractivity contribution in [1.29, 1.82) is 0 Å². The second-order valence-electron chi connectivity index (χ2n) is 10.9. The van der Waals surface area contributed by atoms with Crippen molar-refractivity contribution in [2.45, 2.75) is 115 Å². The first kappa shape index (κ1) is 34.4. The minimum atomic E-state index is -2.72. The predicted octanol–water partition coefficient (Wildman–Crippen LogP) is 5.16. The molecule has 0 aromatic heterocycles. The Morgan fingerprint density at radius 1 is 0.762 bits per heavy atom. The number of aliphatic carboxylic acids is 2. The highest BCUT2D eigenvalue weighted by molar-refractivity contribution is 6.12. The van der Waals surface area contributed by atoms with Crippen molar-refractivity contribution < 1.29 is 44.1 Å². The summed E-state index contributed by atoms with van der Waals surface area (Å²) in [5, 5.41) is 32.0. The number of amides is 1. The smallest absolute Gasteiger partial charge is 0.358 e. The maximum atomic E-state index is 13.9. The van der Waals surface area contributed by atoms with Gasteiger partial charge >= 0.3 is 17.9 Å². The van der Waals surface area contributed by atoms with E-state index in [0.717, 1.165) is 74.5 Å². The van der Waals surface area contributed by atoms with Crippen molar-refractivity contribution >= 4 is 41.6 Å². The molecule has 1 heterocycles. The van der Waals surface area contributed by atoms with Crippen LogP contribution in [0.4, 0.5) is 5.69 Å². The quantitative estimate of drug-likeness (QED) is 0.297. The molecule has 1 aliphatic rings. The van der Waals surface area contributed by atoms with Crippen LogP contribution < -0.4 is 5.32 Å². The molecule has 0 bridgehead atoms. The molecule has 1 aliphatic heterocycles. The van der Waals surface area contributed by atoms with Gasteiger partial charge in [0.15, 0.2) is 5.78 Å². The lowest BCUT2D eigenvalue weighted by molar-refractivity contribution is -0.163.